The summed E-state index contributed by atoms with van der Waals surface area (Å²) in [5.41, 5.74) is 3.36. The minimum absolute atomic E-state index is 0.0693. The minimum Gasteiger partial charge on any atom is -0.493 e. The summed E-state index contributed by atoms with van der Waals surface area (Å²) in [7, 11) is 4.73. The minimum atomic E-state index is -0.751. The lowest BCUT2D eigenvalue weighted by Gasteiger charge is -2.37. The second kappa shape index (κ2) is 16.1. The third kappa shape index (κ3) is 8.33. The molecule has 1 aliphatic rings. The molecule has 1 fully saturated rings. The maximum atomic E-state index is 13.8. The Balaban J connectivity index is 1.19. The molecule has 1 saturated heterocycles. The summed E-state index contributed by atoms with van der Waals surface area (Å²) in [4.78, 5) is 17.9. The van der Waals surface area contributed by atoms with Crippen LogP contribution in [0.25, 0.3) is 12.2 Å². The first kappa shape index (κ1) is 32.7. The first-order valence-electron chi connectivity index (χ1n) is 15.3. The number of carbonyl (C=O) groups is 1. The molecule has 0 bridgehead atoms. The third-order valence-electron chi connectivity index (χ3n) is 7.91. The van der Waals surface area contributed by atoms with Crippen LogP contribution in [0.1, 0.15) is 34.1 Å². The van der Waals surface area contributed by atoms with Gasteiger partial charge in [-0.1, -0.05) is 65.8 Å². The van der Waals surface area contributed by atoms with E-state index in [1.807, 2.05) is 71.6 Å². The number of nitrogens with zero attached hydrogens (tertiary/aromatic N) is 3. The highest BCUT2D eigenvalue weighted by atomic mass is 16.5. The maximum Gasteiger partial charge on any atom is 0.234 e. The topological polar surface area (TPSA) is 107 Å². The molecule has 0 saturated carbocycles. The van der Waals surface area contributed by atoms with E-state index >= 15 is 0 Å². The number of benzene rings is 3. The molecule has 46 heavy (non-hydrogen) atoms. The predicted octanol–water partition coefficient (Wildman–Crippen LogP) is 4.72. The fraction of sp³-hybridized carbons (Fsp3) is 0.333. The van der Waals surface area contributed by atoms with E-state index in [4.69, 9.17) is 23.5 Å². The molecule has 4 aromatic rings. The van der Waals surface area contributed by atoms with Crippen LogP contribution in [0.4, 0.5) is 0 Å². The second-order valence-electron chi connectivity index (χ2n) is 11.1. The Bertz CT molecular complexity index is 1530. The van der Waals surface area contributed by atoms with Crippen LogP contribution in [0.5, 0.6) is 17.2 Å². The molecule has 1 aromatic heterocycles. The average molecular weight is 628 g/mol. The van der Waals surface area contributed by atoms with Gasteiger partial charge in [-0.3, -0.25) is 9.69 Å². The lowest BCUT2D eigenvalue weighted by atomic mass is 9.90. The molecule has 3 aromatic carbocycles. The van der Waals surface area contributed by atoms with Gasteiger partial charge >= 0.3 is 0 Å². The number of piperazine rings is 1. The number of rotatable bonds is 14. The molecular formula is C36H41N3O7. The Hall–Kier alpha value is -4.64. The predicted molar refractivity (Wildman–Crippen MR) is 175 cm³/mol. The fourth-order valence-electron chi connectivity index (χ4n) is 5.56. The number of carbonyl (C=O) groups excluding carboxylic acids is 1. The zero-order chi connectivity index (χ0) is 32.3. The monoisotopic (exact) mass is 627 g/mol. The number of hydrogen-bond donors (Lipinski definition) is 1. The van der Waals surface area contributed by atoms with Crippen LogP contribution < -0.4 is 14.2 Å². The molecular weight excluding hydrogens is 586 g/mol. The highest BCUT2D eigenvalue weighted by Gasteiger charge is 2.30. The zero-order valence-corrected chi connectivity index (χ0v) is 26.5. The van der Waals surface area contributed by atoms with Crippen molar-refractivity contribution in [3.05, 3.63) is 107 Å². The molecule has 0 spiro atoms. The fourth-order valence-corrected chi connectivity index (χ4v) is 5.56. The van der Waals surface area contributed by atoms with Crippen molar-refractivity contribution in [2.24, 2.45) is 0 Å². The molecule has 242 valence electrons. The van der Waals surface area contributed by atoms with Crippen molar-refractivity contribution in [3.63, 3.8) is 0 Å². The first-order chi connectivity index (χ1) is 22.5. The molecule has 10 nitrogen and oxygen atoms in total. The van der Waals surface area contributed by atoms with E-state index in [2.05, 4.69) is 10.1 Å². The van der Waals surface area contributed by atoms with E-state index in [-0.39, 0.29) is 18.4 Å². The lowest BCUT2D eigenvalue weighted by molar-refractivity contribution is -0.133. The van der Waals surface area contributed by atoms with Gasteiger partial charge in [-0.2, -0.15) is 0 Å². The summed E-state index contributed by atoms with van der Waals surface area (Å²) in [6, 6.07) is 25.2. The van der Waals surface area contributed by atoms with Gasteiger partial charge < -0.3 is 33.5 Å². The van der Waals surface area contributed by atoms with E-state index in [1.165, 1.54) is 0 Å². The van der Waals surface area contributed by atoms with Gasteiger partial charge in [0, 0.05) is 57.5 Å². The van der Waals surface area contributed by atoms with Crippen molar-refractivity contribution in [1.29, 1.82) is 0 Å². The summed E-state index contributed by atoms with van der Waals surface area (Å²) in [6.45, 7) is 3.33. The Morgan fingerprint density at radius 3 is 2.11 bits per heavy atom. The molecule has 5 rings (SSSR count). The third-order valence-corrected chi connectivity index (χ3v) is 7.91. The van der Waals surface area contributed by atoms with Gasteiger partial charge in [0.2, 0.25) is 5.91 Å². The van der Waals surface area contributed by atoms with Crippen LogP contribution in [0.2, 0.25) is 0 Å². The molecule has 0 aliphatic carbocycles. The van der Waals surface area contributed by atoms with Crippen molar-refractivity contribution in [2.45, 2.75) is 18.6 Å². The average Bonchev–Trinajstić information content (AvgIpc) is 3.55. The van der Waals surface area contributed by atoms with Gasteiger partial charge in [-0.25, -0.2) is 0 Å². The number of aromatic nitrogens is 1. The Labute approximate surface area is 269 Å². The molecule has 1 amide bonds. The number of ether oxygens (including phenoxy) is 4. The molecule has 1 N–H and O–H groups in total. The molecule has 10 heteroatoms. The quantitative estimate of drug-likeness (QED) is 0.213. The zero-order valence-electron chi connectivity index (χ0n) is 26.5. The summed E-state index contributed by atoms with van der Waals surface area (Å²) in [6.07, 6.45) is 2.85. The van der Waals surface area contributed by atoms with Gasteiger partial charge in [-0.05, 0) is 29.3 Å². The standard InChI is InChI=1S/C36H41N3O7/c1-42-24-29-21-31(46-37-29)15-14-28-20-33(43-2)34(44-3)22-32(28)45-25-30(40)23-38-16-18-39(19-17-38)36(41)35(26-10-6-4-7-11-26)27-12-8-5-9-13-27/h4-15,20-22,30,35,40H,16-19,23-25H2,1-3H3/b15-14+. The molecule has 1 aliphatic heterocycles. The van der Waals surface area contributed by atoms with Crippen molar-refractivity contribution >= 4 is 18.1 Å². The second-order valence-corrected chi connectivity index (χ2v) is 11.1. The summed E-state index contributed by atoms with van der Waals surface area (Å²) in [5.74, 6) is 1.87. The summed E-state index contributed by atoms with van der Waals surface area (Å²) < 4.78 is 27.5. The summed E-state index contributed by atoms with van der Waals surface area (Å²) >= 11 is 0. The summed E-state index contributed by atoms with van der Waals surface area (Å²) in [5, 5.41) is 14.9. The number of aliphatic hydroxyl groups excluding tert-OH is 1. The normalized spacial score (nSPS) is 14.5. The first-order valence-corrected chi connectivity index (χ1v) is 15.3. The van der Waals surface area contributed by atoms with Gasteiger partial charge in [0.05, 0.1) is 26.7 Å². The Kier molecular flexibility index (Phi) is 11.4. The number of aliphatic hydroxyl groups is 1. The number of hydrogen-bond acceptors (Lipinski definition) is 9. The smallest absolute Gasteiger partial charge is 0.234 e. The maximum absolute atomic E-state index is 13.8. The van der Waals surface area contributed by atoms with E-state index in [0.717, 1.165) is 11.1 Å². The van der Waals surface area contributed by atoms with Crippen molar-refractivity contribution in [2.75, 3.05) is 60.7 Å². The van der Waals surface area contributed by atoms with Crippen LogP contribution in [-0.2, 0) is 16.1 Å². The van der Waals surface area contributed by atoms with Crippen LogP contribution in [0.3, 0.4) is 0 Å². The number of methoxy groups -OCH3 is 3. The van der Waals surface area contributed by atoms with Crippen molar-refractivity contribution < 1.29 is 33.4 Å². The SMILES string of the molecule is COCc1cc(/C=C/c2cc(OC)c(OC)cc2OCC(O)CN2CCN(C(=O)C(c3ccccc3)c3ccccc3)CC2)on1. The van der Waals surface area contributed by atoms with Crippen molar-refractivity contribution in [1.82, 2.24) is 15.0 Å². The Morgan fingerprint density at radius 2 is 1.50 bits per heavy atom. The van der Waals surface area contributed by atoms with Gasteiger partial charge in [0.25, 0.3) is 0 Å². The van der Waals surface area contributed by atoms with Crippen LogP contribution in [0, 0.1) is 0 Å². The van der Waals surface area contributed by atoms with Crippen LogP contribution in [-0.4, -0.2) is 92.7 Å². The Morgan fingerprint density at radius 1 is 0.870 bits per heavy atom. The number of amides is 1. The van der Waals surface area contributed by atoms with E-state index in [1.54, 1.807) is 45.6 Å². The van der Waals surface area contributed by atoms with Crippen LogP contribution >= 0.6 is 0 Å². The number of β-amino-alcohol motifs (C(OH)–C–C–N with tert-alkyl or cyclic N) is 1. The molecule has 1 unspecified atom stereocenters. The van der Waals surface area contributed by atoms with E-state index in [9.17, 15) is 9.90 Å². The highest BCUT2D eigenvalue weighted by molar-refractivity contribution is 5.87. The van der Waals surface area contributed by atoms with Gasteiger partial charge in [0.15, 0.2) is 17.3 Å². The largest absolute Gasteiger partial charge is 0.493 e. The molecule has 1 atom stereocenters. The molecule has 2 heterocycles. The molecule has 0 radical (unpaired) electrons. The van der Waals surface area contributed by atoms with Crippen LogP contribution in [0.15, 0.2) is 83.4 Å². The van der Waals surface area contributed by atoms with Crippen molar-refractivity contribution in [3.8, 4) is 17.2 Å². The lowest BCUT2D eigenvalue weighted by Crippen LogP contribution is -2.52. The van der Waals surface area contributed by atoms with Gasteiger partial charge in [-0.15, -0.1) is 0 Å². The van der Waals surface area contributed by atoms with E-state index < -0.39 is 6.10 Å². The highest BCUT2D eigenvalue weighted by Crippen LogP contribution is 2.36. The van der Waals surface area contributed by atoms with E-state index in [0.29, 0.717) is 73.6 Å². The van der Waals surface area contributed by atoms with Gasteiger partial charge in [0.1, 0.15) is 24.2 Å².